The average molecular weight is 460 g/mol. The smallest absolute Gasteiger partial charge is 0.267 e. The number of carbonyl (C=O) groups excluding carboxylic acids is 1. The highest BCUT2D eigenvalue weighted by molar-refractivity contribution is 7.13. The molecule has 10 heteroatoms. The zero-order valence-corrected chi connectivity index (χ0v) is 18.6. The van der Waals surface area contributed by atoms with E-state index in [-0.39, 0.29) is 18.0 Å². The molecule has 5 heterocycles. The molecule has 0 N–H and O–H groups in total. The highest BCUT2D eigenvalue weighted by Gasteiger charge is 2.23. The third-order valence-electron chi connectivity index (χ3n) is 5.46. The molecule has 9 nitrogen and oxygen atoms in total. The van der Waals surface area contributed by atoms with Crippen molar-refractivity contribution in [3.8, 4) is 22.0 Å². The summed E-state index contributed by atoms with van der Waals surface area (Å²) in [5.74, 6) is 0.646. The van der Waals surface area contributed by atoms with Crippen molar-refractivity contribution >= 4 is 23.1 Å². The standard InChI is InChI=1S/C23H21N7O2S/c31-22-9-7-19(20-5-3-15-33-20)27-30(22)16-23(32)29-13-11-28(12-14-29)21-8-6-18(25-26-21)17-4-1-2-10-24-17/h1-10,15H,11-14,16H2. The lowest BCUT2D eigenvalue weighted by Gasteiger charge is -2.35. The fourth-order valence-corrected chi connectivity index (χ4v) is 4.37. The third kappa shape index (κ3) is 4.65. The van der Waals surface area contributed by atoms with E-state index in [0.29, 0.717) is 31.9 Å². The molecular weight excluding hydrogens is 438 g/mol. The van der Waals surface area contributed by atoms with E-state index in [4.69, 9.17) is 0 Å². The first-order valence-corrected chi connectivity index (χ1v) is 11.5. The number of rotatable bonds is 5. The van der Waals surface area contributed by atoms with E-state index >= 15 is 0 Å². The summed E-state index contributed by atoms with van der Waals surface area (Å²) in [5, 5.41) is 15.0. The molecule has 5 rings (SSSR count). The average Bonchev–Trinajstić information content (AvgIpc) is 3.41. The molecule has 0 saturated carbocycles. The fraction of sp³-hybridized carbons (Fsp3) is 0.217. The molecule has 166 valence electrons. The first-order chi connectivity index (χ1) is 16.2. The van der Waals surface area contributed by atoms with E-state index < -0.39 is 0 Å². The highest BCUT2D eigenvalue weighted by atomic mass is 32.1. The Hall–Kier alpha value is -3.92. The molecule has 1 fully saturated rings. The number of piperazine rings is 1. The molecule has 1 amide bonds. The lowest BCUT2D eigenvalue weighted by molar-refractivity contribution is -0.132. The van der Waals surface area contributed by atoms with Gasteiger partial charge in [0.1, 0.15) is 17.9 Å². The summed E-state index contributed by atoms with van der Waals surface area (Å²) in [4.78, 5) is 34.2. The van der Waals surface area contributed by atoms with Gasteiger partial charge in [-0.1, -0.05) is 12.1 Å². The molecule has 0 atom stereocenters. The van der Waals surface area contributed by atoms with Crippen LogP contribution in [0.15, 0.2) is 71.0 Å². The first kappa shape index (κ1) is 21.0. The highest BCUT2D eigenvalue weighted by Crippen LogP contribution is 2.21. The van der Waals surface area contributed by atoms with Gasteiger partial charge in [0.25, 0.3) is 5.56 Å². The van der Waals surface area contributed by atoms with E-state index in [2.05, 4.69) is 25.2 Å². The molecule has 0 unspecified atom stereocenters. The van der Waals surface area contributed by atoms with Gasteiger partial charge in [0, 0.05) is 38.4 Å². The third-order valence-corrected chi connectivity index (χ3v) is 6.35. The summed E-state index contributed by atoms with van der Waals surface area (Å²) in [5.41, 5.74) is 1.90. The predicted molar refractivity (Wildman–Crippen MR) is 126 cm³/mol. The number of thiophene rings is 1. The van der Waals surface area contributed by atoms with Crippen molar-refractivity contribution < 1.29 is 4.79 Å². The van der Waals surface area contributed by atoms with Gasteiger partial charge in [-0.05, 0) is 41.8 Å². The van der Waals surface area contributed by atoms with Crippen LogP contribution in [0.1, 0.15) is 0 Å². The zero-order chi connectivity index (χ0) is 22.6. The van der Waals surface area contributed by atoms with Gasteiger partial charge in [0.2, 0.25) is 5.91 Å². The fourth-order valence-electron chi connectivity index (χ4n) is 3.68. The van der Waals surface area contributed by atoms with Crippen molar-refractivity contribution in [2.45, 2.75) is 6.54 Å². The van der Waals surface area contributed by atoms with Crippen LogP contribution in [0.2, 0.25) is 0 Å². The van der Waals surface area contributed by atoms with Gasteiger partial charge in [-0.25, -0.2) is 4.68 Å². The second-order valence-corrected chi connectivity index (χ2v) is 8.50. The molecule has 33 heavy (non-hydrogen) atoms. The maximum absolute atomic E-state index is 12.8. The van der Waals surface area contributed by atoms with Crippen LogP contribution in [0, 0.1) is 0 Å². The normalized spacial score (nSPS) is 13.8. The van der Waals surface area contributed by atoms with E-state index in [1.165, 1.54) is 10.7 Å². The molecule has 0 bridgehead atoms. The zero-order valence-electron chi connectivity index (χ0n) is 17.7. The number of pyridine rings is 1. The first-order valence-electron chi connectivity index (χ1n) is 10.6. The molecule has 0 aliphatic carbocycles. The summed E-state index contributed by atoms with van der Waals surface area (Å²) >= 11 is 1.54. The summed E-state index contributed by atoms with van der Waals surface area (Å²) < 4.78 is 1.24. The van der Waals surface area contributed by atoms with Gasteiger partial charge in [0.05, 0.1) is 10.6 Å². The van der Waals surface area contributed by atoms with Gasteiger partial charge in [0.15, 0.2) is 5.82 Å². The van der Waals surface area contributed by atoms with Crippen LogP contribution in [0.3, 0.4) is 0 Å². The molecular formula is C23H21N7O2S. The number of aromatic nitrogens is 5. The maximum atomic E-state index is 12.8. The van der Waals surface area contributed by atoms with E-state index in [1.807, 2.05) is 47.8 Å². The lowest BCUT2D eigenvalue weighted by Crippen LogP contribution is -2.50. The summed E-state index contributed by atoms with van der Waals surface area (Å²) in [6.45, 7) is 2.29. The van der Waals surface area contributed by atoms with Crippen molar-refractivity contribution in [3.05, 3.63) is 76.5 Å². The number of hydrogen-bond donors (Lipinski definition) is 0. The van der Waals surface area contributed by atoms with Gasteiger partial charge in [-0.3, -0.25) is 14.6 Å². The Labute approximate surface area is 194 Å². The molecule has 0 aromatic carbocycles. The molecule has 1 saturated heterocycles. The summed E-state index contributed by atoms with van der Waals surface area (Å²) in [6, 6.07) is 16.5. The molecule has 0 spiro atoms. The topological polar surface area (TPSA) is 97.1 Å². The second-order valence-electron chi connectivity index (χ2n) is 7.55. The van der Waals surface area contributed by atoms with Crippen LogP contribution in [-0.2, 0) is 11.3 Å². The Morgan fingerprint density at radius 1 is 0.879 bits per heavy atom. The van der Waals surface area contributed by atoms with Crippen LogP contribution >= 0.6 is 11.3 Å². The van der Waals surface area contributed by atoms with Crippen molar-refractivity contribution in [2.24, 2.45) is 0 Å². The van der Waals surface area contributed by atoms with Crippen LogP contribution in [0.5, 0.6) is 0 Å². The van der Waals surface area contributed by atoms with Gasteiger partial charge in [-0.15, -0.1) is 21.5 Å². The Morgan fingerprint density at radius 3 is 2.42 bits per heavy atom. The molecule has 1 aliphatic heterocycles. The summed E-state index contributed by atoms with van der Waals surface area (Å²) in [7, 11) is 0. The number of amides is 1. The quantitative estimate of drug-likeness (QED) is 0.451. The molecule has 0 radical (unpaired) electrons. The van der Waals surface area contributed by atoms with Crippen LogP contribution in [0.25, 0.3) is 22.0 Å². The van der Waals surface area contributed by atoms with Crippen molar-refractivity contribution in [1.29, 1.82) is 0 Å². The minimum absolute atomic E-state index is 0.0728. The maximum Gasteiger partial charge on any atom is 0.267 e. The monoisotopic (exact) mass is 459 g/mol. The molecule has 4 aromatic rings. The predicted octanol–water partition coefficient (Wildman–Crippen LogP) is 2.17. The van der Waals surface area contributed by atoms with Gasteiger partial charge >= 0.3 is 0 Å². The number of hydrogen-bond acceptors (Lipinski definition) is 8. The van der Waals surface area contributed by atoms with Gasteiger partial charge in [-0.2, -0.15) is 5.10 Å². The van der Waals surface area contributed by atoms with Crippen LogP contribution < -0.4 is 10.5 Å². The number of carbonyl (C=O) groups is 1. The van der Waals surface area contributed by atoms with E-state index in [9.17, 15) is 9.59 Å². The van der Waals surface area contributed by atoms with Crippen LogP contribution in [0.4, 0.5) is 5.82 Å². The SMILES string of the molecule is O=C(Cn1nc(-c2cccs2)ccc1=O)N1CCN(c2ccc(-c3ccccn3)nn2)CC1. The van der Waals surface area contributed by atoms with Crippen molar-refractivity contribution in [1.82, 2.24) is 29.9 Å². The van der Waals surface area contributed by atoms with E-state index in [0.717, 1.165) is 22.1 Å². The van der Waals surface area contributed by atoms with Crippen molar-refractivity contribution in [2.75, 3.05) is 31.1 Å². The van der Waals surface area contributed by atoms with Gasteiger partial charge < -0.3 is 9.80 Å². The molecule has 4 aromatic heterocycles. The number of anilines is 1. The Bertz CT molecular complexity index is 1280. The minimum Gasteiger partial charge on any atom is -0.352 e. The Morgan fingerprint density at radius 2 is 1.73 bits per heavy atom. The largest absolute Gasteiger partial charge is 0.352 e. The Kier molecular flexibility index (Phi) is 5.90. The van der Waals surface area contributed by atoms with E-state index in [1.54, 1.807) is 28.5 Å². The molecule has 1 aliphatic rings. The number of nitrogens with zero attached hydrogens (tertiary/aromatic N) is 7. The second kappa shape index (κ2) is 9.29. The lowest BCUT2D eigenvalue weighted by atomic mass is 10.2. The Balaban J connectivity index is 1.20. The minimum atomic E-state index is -0.287. The summed E-state index contributed by atoms with van der Waals surface area (Å²) in [6.07, 6.45) is 1.73. The van der Waals surface area contributed by atoms with Crippen LogP contribution in [-0.4, -0.2) is 61.9 Å². The van der Waals surface area contributed by atoms with Crippen molar-refractivity contribution in [3.63, 3.8) is 0 Å².